The van der Waals surface area contributed by atoms with Gasteiger partial charge in [-0.15, -0.1) is 0 Å². The molecule has 1 N–H and O–H groups in total. The van der Waals surface area contributed by atoms with E-state index in [0.717, 1.165) is 25.2 Å². The lowest BCUT2D eigenvalue weighted by Gasteiger charge is -2.24. The smallest absolute Gasteiger partial charge is 0.251 e. The number of nitrogens with one attached hydrogen (secondary N) is 1. The van der Waals surface area contributed by atoms with Crippen LogP contribution in [0.25, 0.3) is 16.6 Å². The predicted octanol–water partition coefficient (Wildman–Crippen LogP) is 3.29. The molecule has 2 aromatic carbocycles. The molecular weight excluding hydrogens is 310 g/mol. The van der Waals surface area contributed by atoms with Gasteiger partial charge in [-0.1, -0.05) is 17.7 Å². The van der Waals surface area contributed by atoms with Crippen molar-refractivity contribution >= 4 is 16.8 Å². The standard InChI is InChI=1S/C21H23N3O/c1-14-7-8-19-17(11-14)18-13-23(3)10-9-20(18)24(19)16-6-4-5-15(12-16)21(25)22-2/h4-8,11-12H,9-10,13H2,1-3H3,(H,22,25). The van der Waals surface area contributed by atoms with Crippen LogP contribution in [0, 0.1) is 6.92 Å². The highest BCUT2D eigenvalue weighted by Gasteiger charge is 2.23. The molecule has 1 aliphatic rings. The first-order valence-electron chi connectivity index (χ1n) is 8.72. The number of aryl methyl sites for hydroxylation is 1. The Morgan fingerprint density at radius 3 is 2.80 bits per heavy atom. The molecule has 1 amide bonds. The summed E-state index contributed by atoms with van der Waals surface area (Å²) < 4.78 is 2.34. The van der Waals surface area contributed by atoms with Crippen molar-refractivity contribution < 1.29 is 4.79 Å². The Labute approximate surface area is 148 Å². The SMILES string of the molecule is CNC(=O)c1cccc(-n2c3c(c4cc(C)ccc42)CN(C)CC3)c1. The second-order valence-corrected chi connectivity index (χ2v) is 6.90. The van der Waals surface area contributed by atoms with Gasteiger partial charge in [0.25, 0.3) is 5.91 Å². The van der Waals surface area contributed by atoms with E-state index in [4.69, 9.17) is 0 Å². The highest BCUT2D eigenvalue weighted by Crippen LogP contribution is 2.34. The fraction of sp³-hybridized carbons (Fsp3) is 0.286. The van der Waals surface area contributed by atoms with Crippen molar-refractivity contribution in [2.24, 2.45) is 0 Å². The third-order valence-corrected chi connectivity index (χ3v) is 5.09. The first-order valence-corrected chi connectivity index (χ1v) is 8.72. The molecule has 1 aromatic heterocycles. The van der Waals surface area contributed by atoms with E-state index in [0.29, 0.717) is 5.56 Å². The molecule has 4 rings (SSSR count). The first kappa shape index (κ1) is 15.9. The molecule has 0 saturated heterocycles. The summed E-state index contributed by atoms with van der Waals surface area (Å²) in [6.07, 6.45) is 1.02. The second kappa shape index (κ2) is 6.05. The zero-order valence-corrected chi connectivity index (χ0v) is 15.0. The quantitative estimate of drug-likeness (QED) is 0.781. The van der Waals surface area contributed by atoms with Crippen LogP contribution in [0.15, 0.2) is 42.5 Å². The number of nitrogens with zero attached hydrogens (tertiary/aromatic N) is 2. The summed E-state index contributed by atoms with van der Waals surface area (Å²) in [5, 5.41) is 4.04. The summed E-state index contributed by atoms with van der Waals surface area (Å²) in [5.74, 6) is -0.0530. The van der Waals surface area contributed by atoms with Crippen molar-refractivity contribution in [3.8, 4) is 5.69 Å². The van der Waals surface area contributed by atoms with Crippen LogP contribution in [0.5, 0.6) is 0 Å². The van der Waals surface area contributed by atoms with E-state index in [1.807, 2.05) is 18.2 Å². The number of amides is 1. The number of likely N-dealkylation sites (N-methyl/N-ethyl adjacent to an activating group) is 1. The van der Waals surface area contributed by atoms with Gasteiger partial charge in [0.15, 0.2) is 0 Å². The van der Waals surface area contributed by atoms with Crippen molar-refractivity contribution in [3.63, 3.8) is 0 Å². The summed E-state index contributed by atoms with van der Waals surface area (Å²) >= 11 is 0. The molecule has 3 aromatic rings. The lowest BCUT2D eigenvalue weighted by molar-refractivity contribution is 0.0963. The topological polar surface area (TPSA) is 37.3 Å². The number of hydrogen-bond donors (Lipinski definition) is 1. The van der Waals surface area contributed by atoms with Crippen molar-refractivity contribution in [1.82, 2.24) is 14.8 Å². The third-order valence-electron chi connectivity index (χ3n) is 5.09. The number of fused-ring (bicyclic) bond motifs is 3. The van der Waals surface area contributed by atoms with Crippen molar-refractivity contribution in [2.45, 2.75) is 19.9 Å². The average molecular weight is 333 g/mol. The van der Waals surface area contributed by atoms with Gasteiger partial charge < -0.3 is 14.8 Å². The fourth-order valence-electron chi connectivity index (χ4n) is 3.83. The lowest BCUT2D eigenvalue weighted by atomic mass is 10.0. The van der Waals surface area contributed by atoms with Crippen LogP contribution in [0.1, 0.15) is 27.2 Å². The van der Waals surface area contributed by atoms with E-state index in [1.54, 1.807) is 7.05 Å². The number of carbonyl (C=O) groups excluding carboxylic acids is 1. The molecule has 0 radical (unpaired) electrons. The van der Waals surface area contributed by atoms with Crippen molar-refractivity contribution in [1.29, 1.82) is 0 Å². The Morgan fingerprint density at radius 2 is 2.00 bits per heavy atom. The van der Waals surface area contributed by atoms with Crippen LogP contribution in [0.2, 0.25) is 0 Å². The molecule has 0 saturated carbocycles. The molecule has 0 spiro atoms. The summed E-state index contributed by atoms with van der Waals surface area (Å²) in [7, 11) is 3.84. The number of aromatic nitrogens is 1. The minimum atomic E-state index is -0.0530. The number of hydrogen-bond acceptors (Lipinski definition) is 2. The van der Waals surface area contributed by atoms with Crippen LogP contribution in [-0.4, -0.2) is 36.0 Å². The molecule has 0 bridgehead atoms. The summed E-state index contributed by atoms with van der Waals surface area (Å²) in [6, 6.07) is 14.5. The van der Waals surface area contributed by atoms with E-state index in [9.17, 15) is 4.79 Å². The van der Waals surface area contributed by atoms with E-state index >= 15 is 0 Å². The van der Waals surface area contributed by atoms with E-state index < -0.39 is 0 Å². The number of carbonyl (C=O) groups is 1. The number of rotatable bonds is 2. The summed E-state index contributed by atoms with van der Waals surface area (Å²) in [5.41, 5.74) is 7.03. The van der Waals surface area contributed by atoms with Gasteiger partial charge in [0.2, 0.25) is 0 Å². The Kier molecular flexibility index (Phi) is 3.85. The van der Waals surface area contributed by atoms with Crippen LogP contribution in [0.4, 0.5) is 0 Å². The molecule has 4 heteroatoms. The Balaban J connectivity index is 1.98. The normalized spacial score (nSPS) is 14.5. The van der Waals surface area contributed by atoms with E-state index in [1.165, 1.54) is 27.7 Å². The first-order chi connectivity index (χ1) is 12.1. The van der Waals surface area contributed by atoms with Gasteiger partial charge in [-0.05, 0) is 49.9 Å². The van der Waals surface area contributed by atoms with E-state index in [2.05, 4.69) is 53.0 Å². The Bertz CT molecular complexity index is 971. The molecular formula is C21H23N3O. The van der Waals surface area contributed by atoms with Gasteiger partial charge >= 0.3 is 0 Å². The van der Waals surface area contributed by atoms with Crippen molar-refractivity contribution in [2.75, 3.05) is 20.6 Å². The number of benzene rings is 2. The third kappa shape index (κ3) is 2.63. The van der Waals surface area contributed by atoms with Crippen molar-refractivity contribution in [3.05, 3.63) is 64.8 Å². The van der Waals surface area contributed by atoms with Gasteiger partial charge in [0.1, 0.15) is 0 Å². The van der Waals surface area contributed by atoms with Gasteiger partial charge in [-0.2, -0.15) is 0 Å². The molecule has 0 atom stereocenters. The molecule has 1 aliphatic heterocycles. The second-order valence-electron chi connectivity index (χ2n) is 6.90. The maximum absolute atomic E-state index is 12.0. The Morgan fingerprint density at radius 1 is 1.16 bits per heavy atom. The zero-order valence-electron chi connectivity index (χ0n) is 15.0. The monoisotopic (exact) mass is 333 g/mol. The summed E-state index contributed by atoms with van der Waals surface area (Å²) in [4.78, 5) is 14.4. The predicted molar refractivity (Wildman–Crippen MR) is 101 cm³/mol. The minimum Gasteiger partial charge on any atom is -0.355 e. The van der Waals surface area contributed by atoms with Gasteiger partial charge in [-0.25, -0.2) is 0 Å². The molecule has 2 heterocycles. The highest BCUT2D eigenvalue weighted by molar-refractivity contribution is 5.95. The lowest BCUT2D eigenvalue weighted by Crippen LogP contribution is -2.27. The largest absolute Gasteiger partial charge is 0.355 e. The maximum Gasteiger partial charge on any atom is 0.251 e. The van der Waals surface area contributed by atoms with Crippen LogP contribution in [0.3, 0.4) is 0 Å². The highest BCUT2D eigenvalue weighted by atomic mass is 16.1. The molecule has 25 heavy (non-hydrogen) atoms. The van der Waals surface area contributed by atoms with Crippen LogP contribution >= 0.6 is 0 Å². The van der Waals surface area contributed by atoms with E-state index in [-0.39, 0.29) is 5.91 Å². The molecule has 0 unspecified atom stereocenters. The minimum absolute atomic E-state index is 0.0530. The van der Waals surface area contributed by atoms with Gasteiger partial charge in [0, 0.05) is 48.9 Å². The summed E-state index contributed by atoms with van der Waals surface area (Å²) in [6.45, 7) is 4.16. The van der Waals surface area contributed by atoms with Crippen LogP contribution in [-0.2, 0) is 13.0 Å². The molecule has 0 fully saturated rings. The van der Waals surface area contributed by atoms with Gasteiger partial charge in [-0.3, -0.25) is 4.79 Å². The average Bonchev–Trinajstić information content (AvgIpc) is 2.94. The molecule has 0 aliphatic carbocycles. The fourth-order valence-corrected chi connectivity index (χ4v) is 3.83. The van der Waals surface area contributed by atoms with Gasteiger partial charge in [0.05, 0.1) is 5.52 Å². The molecule has 4 nitrogen and oxygen atoms in total. The maximum atomic E-state index is 12.0. The Hall–Kier alpha value is -2.59. The molecule has 128 valence electrons. The van der Waals surface area contributed by atoms with Crippen LogP contribution < -0.4 is 5.32 Å². The zero-order chi connectivity index (χ0) is 17.6.